The number of carbonyl (C=O) groups excluding carboxylic acids is 2. The largest absolute Gasteiger partial charge is 0.506 e. The number of aromatic hydroxyl groups is 1. The molecule has 34 heavy (non-hydrogen) atoms. The van der Waals surface area contributed by atoms with E-state index in [0.717, 1.165) is 49.4 Å². The molecule has 1 amide bonds. The van der Waals surface area contributed by atoms with Crippen LogP contribution in [0.25, 0.3) is 10.4 Å². The van der Waals surface area contributed by atoms with Gasteiger partial charge in [0.25, 0.3) is 5.91 Å². The van der Waals surface area contributed by atoms with Gasteiger partial charge in [-0.05, 0) is 49.6 Å². The maximum Gasteiger partial charge on any atom is 0.416 e. The van der Waals surface area contributed by atoms with Crippen molar-refractivity contribution in [2.75, 3.05) is 19.6 Å². The van der Waals surface area contributed by atoms with Crippen LogP contribution in [0.3, 0.4) is 0 Å². The molecular formula is C24H21F3N2O3S2. The first kappa shape index (κ1) is 24.2. The van der Waals surface area contributed by atoms with Gasteiger partial charge in [-0.1, -0.05) is 12.1 Å². The zero-order valence-corrected chi connectivity index (χ0v) is 19.8. The lowest BCUT2D eigenvalue weighted by molar-refractivity contribution is -0.137. The number of nitrogens with zero attached hydrogens (tertiary/aromatic N) is 2. The molecule has 1 saturated heterocycles. The number of halogens is 3. The van der Waals surface area contributed by atoms with Crippen molar-refractivity contribution in [2.45, 2.75) is 25.9 Å². The number of hydrogen-bond donors (Lipinski definition) is 1. The predicted molar refractivity (Wildman–Crippen MR) is 127 cm³/mol. The van der Waals surface area contributed by atoms with Crippen LogP contribution < -0.4 is 0 Å². The summed E-state index contributed by atoms with van der Waals surface area (Å²) in [5.41, 5.74) is 0.552. The molecule has 3 heterocycles. The molecule has 1 fully saturated rings. The van der Waals surface area contributed by atoms with E-state index in [2.05, 4.69) is 4.99 Å². The number of alkyl halides is 3. The molecule has 0 spiro atoms. The molecule has 0 radical (unpaired) electrons. The van der Waals surface area contributed by atoms with Crippen molar-refractivity contribution in [3.63, 3.8) is 0 Å². The normalized spacial score (nSPS) is 14.6. The lowest BCUT2D eigenvalue weighted by Crippen LogP contribution is -2.26. The van der Waals surface area contributed by atoms with Crippen molar-refractivity contribution >= 4 is 40.1 Å². The highest BCUT2D eigenvalue weighted by molar-refractivity contribution is 7.16. The first-order valence-electron chi connectivity index (χ1n) is 10.6. The molecule has 0 aliphatic carbocycles. The summed E-state index contributed by atoms with van der Waals surface area (Å²) in [6, 6.07) is 7.86. The summed E-state index contributed by atoms with van der Waals surface area (Å²) in [7, 11) is 0. The molecule has 1 aromatic carbocycles. The quantitative estimate of drug-likeness (QED) is 0.323. The van der Waals surface area contributed by atoms with Gasteiger partial charge in [0.15, 0.2) is 5.78 Å². The van der Waals surface area contributed by atoms with Gasteiger partial charge in [0, 0.05) is 29.7 Å². The zero-order valence-electron chi connectivity index (χ0n) is 18.2. The second-order valence-corrected chi connectivity index (χ2v) is 9.85. The third-order valence-electron chi connectivity index (χ3n) is 5.57. The van der Waals surface area contributed by atoms with Crippen molar-refractivity contribution in [2.24, 2.45) is 4.99 Å². The zero-order chi connectivity index (χ0) is 24.5. The molecule has 3 aromatic rings. The maximum atomic E-state index is 12.8. The first-order valence-corrected chi connectivity index (χ1v) is 12.3. The Labute approximate surface area is 202 Å². The van der Waals surface area contributed by atoms with Crippen LogP contribution in [-0.2, 0) is 6.18 Å². The van der Waals surface area contributed by atoms with Crippen LogP contribution in [-0.4, -0.2) is 47.0 Å². The average Bonchev–Trinajstić information content (AvgIpc) is 3.57. The molecule has 0 saturated carbocycles. The Morgan fingerprint density at radius 2 is 1.71 bits per heavy atom. The van der Waals surface area contributed by atoms with Crippen LogP contribution in [0.1, 0.15) is 50.2 Å². The maximum absolute atomic E-state index is 12.8. The highest BCUT2D eigenvalue weighted by atomic mass is 32.1. The fourth-order valence-corrected chi connectivity index (χ4v) is 5.57. The number of carbonyl (C=O) groups is 2. The highest BCUT2D eigenvalue weighted by Gasteiger charge is 2.30. The Balaban J connectivity index is 1.44. The van der Waals surface area contributed by atoms with Crippen molar-refractivity contribution in [3.05, 3.63) is 62.7 Å². The molecule has 1 N–H and O–H groups in total. The summed E-state index contributed by atoms with van der Waals surface area (Å²) in [4.78, 5) is 32.5. The molecule has 5 nitrogen and oxygen atoms in total. The Morgan fingerprint density at radius 1 is 1.06 bits per heavy atom. The lowest BCUT2D eigenvalue weighted by atomic mass is 10.1. The minimum atomic E-state index is -4.43. The fourth-order valence-electron chi connectivity index (χ4n) is 3.66. The standard InChI is InChI=1S/C24H21F3N2O3S2/c1-14(17-13-33-22(21(17)31)15-4-6-16(7-5-15)24(25,26)27)28-12-18(30)19-8-9-20(34-19)23(32)29-10-2-3-11-29/h4-9,13,31H,2-3,10-12H2,1H3. The second-order valence-electron chi connectivity index (χ2n) is 7.89. The Morgan fingerprint density at radius 3 is 2.35 bits per heavy atom. The van der Waals surface area contributed by atoms with Crippen LogP contribution >= 0.6 is 22.7 Å². The summed E-state index contributed by atoms with van der Waals surface area (Å²) in [6.45, 7) is 2.99. The number of ketones is 1. The number of thiophene rings is 2. The minimum Gasteiger partial charge on any atom is -0.506 e. The number of amides is 1. The molecule has 4 rings (SSSR count). The number of benzene rings is 1. The summed E-state index contributed by atoms with van der Waals surface area (Å²) >= 11 is 2.34. The fraction of sp³-hybridized carbons (Fsp3) is 0.292. The van der Waals surface area contributed by atoms with Gasteiger partial charge >= 0.3 is 6.18 Å². The number of Topliss-reactive ketones (excluding diaryl/α,β-unsaturated/α-hetero) is 1. The Hall–Kier alpha value is -2.98. The molecule has 1 aliphatic rings. The van der Waals surface area contributed by atoms with E-state index in [1.54, 1.807) is 29.3 Å². The van der Waals surface area contributed by atoms with Gasteiger partial charge in [-0.15, -0.1) is 22.7 Å². The van der Waals surface area contributed by atoms with E-state index < -0.39 is 11.7 Å². The number of hydrogen-bond acceptors (Lipinski definition) is 6. The number of aliphatic imine (C=N–C) groups is 1. The van der Waals surface area contributed by atoms with Crippen LogP contribution in [0, 0.1) is 0 Å². The van der Waals surface area contributed by atoms with Crippen molar-refractivity contribution < 1.29 is 27.9 Å². The Kier molecular flexibility index (Phi) is 6.90. The van der Waals surface area contributed by atoms with Gasteiger partial charge in [-0.2, -0.15) is 13.2 Å². The molecule has 0 bridgehead atoms. The second kappa shape index (κ2) is 9.71. The van der Waals surface area contributed by atoms with Crippen molar-refractivity contribution in [1.82, 2.24) is 4.90 Å². The van der Waals surface area contributed by atoms with E-state index in [1.165, 1.54) is 23.5 Å². The highest BCUT2D eigenvalue weighted by Crippen LogP contribution is 2.40. The molecule has 2 aromatic heterocycles. The molecule has 0 atom stereocenters. The van der Waals surface area contributed by atoms with Crippen LogP contribution in [0.2, 0.25) is 0 Å². The SMILES string of the molecule is CC(=NCC(=O)c1ccc(C(=O)N2CCCC2)s1)c1csc(-c2ccc(C(F)(F)F)cc2)c1O. The molecule has 1 aliphatic heterocycles. The van der Waals surface area contributed by atoms with Gasteiger partial charge < -0.3 is 10.0 Å². The van der Waals surface area contributed by atoms with Gasteiger partial charge in [-0.3, -0.25) is 14.6 Å². The van der Waals surface area contributed by atoms with Crippen LogP contribution in [0.5, 0.6) is 5.75 Å². The third-order valence-corrected chi connectivity index (χ3v) is 7.71. The molecular weight excluding hydrogens is 485 g/mol. The topological polar surface area (TPSA) is 70.0 Å². The molecule has 10 heteroatoms. The number of likely N-dealkylation sites (tertiary alicyclic amines) is 1. The number of rotatable bonds is 6. The lowest BCUT2D eigenvalue weighted by Gasteiger charge is -2.13. The summed E-state index contributed by atoms with van der Waals surface area (Å²) < 4.78 is 38.4. The van der Waals surface area contributed by atoms with Gasteiger partial charge in [-0.25, -0.2) is 0 Å². The first-order chi connectivity index (χ1) is 16.1. The third kappa shape index (κ3) is 5.07. The summed E-state index contributed by atoms with van der Waals surface area (Å²) in [5, 5.41) is 12.3. The van der Waals surface area contributed by atoms with Crippen LogP contribution in [0.15, 0.2) is 46.8 Å². The Bertz CT molecular complexity index is 1240. The monoisotopic (exact) mass is 506 g/mol. The van der Waals surface area contributed by atoms with Gasteiger partial charge in [0.1, 0.15) is 12.3 Å². The van der Waals surface area contributed by atoms with E-state index >= 15 is 0 Å². The van der Waals surface area contributed by atoms with Gasteiger partial charge in [0.2, 0.25) is 0 Å². The summed E-state index contributed by atoms with van der Waals surface area (Å²) in [5.74, 6) is -0.379. The van der Waals surface area contributed by atoms with E-state index in [-0.39, 0.29) is 24.0 Å². The van der Waals surface area contributed by atoms with E-state index in [4.69, 9.17) is 0 Å². The predicted octanol–water partition coefficient (Wildman–Crippen LogP) is 6.13. The average molecular weight is 507 g/mol. The van der Waals surface area contributed by atoms with E-state index in [1.807, 2.05) is 0 Å². The smallest absolute Gasteiger partial charge is 0.416 e. The molecule has 178 valence electrons. The van der Waals surface area contributed by atoms with Crippen molar-refractivity contribution in [3.8, 4) is 16.2 Å². The van der Waals surface area contributed by atoms with E-state index in [9.17, 15) is 27.9 Å². The minimum absolute atomic E-state index is 0.0553. The van der Waals surface area contributed by atoms with Gasteiger partial charge in [0.05, 0.1) is 20.2 Å². The van der Waals surface area contributed by atoms with Crippen LogP contribution in [0.4, 0.5) is 13.2 Å². The molecule has 0 unspecified atom stereocenters. The van der Waals surface area contributed by atoms with E-state index in [0.29, 0.717) is 31.5 Å². The van der Waals surface area contributed by atoms with Crippen molar-refractivity contribution in [1.29, 1.82) is 0 Å². The summed E-state index contributed by atoms with van der Waals surface area (Å²) in [6.07, 6.45) is -2.44.